The zero-order valence-corrected chi connectivity index (χ0v) is 10.1. The summed E-state index contributed by atoms with van der Waals surface area (Å²) in [5.41, 5.74) is 0. The zero-order valence-electron chi connectivity index (χ0n) is 10.1. The molecule has 0 aromatic heterocycles. The number of nitrogens with zero attached hydrogens (tertiary/aromatic N) is 1. The van der Waals surface area contributed by atoms with Crippen LogP contribution in [0, 0.1) is 0 Å². The Morgan fingerprint density at radius 1 is 1.38 bits per heavy atom. The Bertz CT molecular complexity index is 168. The predicted molar refractivity (Wildman–Crippen MR) is 60.6 cm³/mol. The number of hydrogen-bond donors (Lipinski definition) is 1. The summed E-state index contributed by atoms with van der Waals surface area (Å²) in [5.74, 6) is 0. The van der Waals surface area contributed by atoms with E-state index in [1.165, 1.54) is 0 Å². The molecule has 0 bridgehead atoms. The van der Waals surface area contributed by atoms with E-state index in [9.17, 15) is 0 Å². The van der Waals surface area contributed by atoms with Gasteiger partial charge in [0.1, 0.15) is 0 Å². The van der Waals surface area contributed by atoms with Crippen molar-refractivity contribution in [1.29, 1.82) is 0 Å². The number of hydrogen-bond acceptors (Lipinski definition) is 5. The van der Waals surface area contributed by atoms with Gasteiger partial charge in [0, 0.05) is 40.0 Å². The molecule has 0 aromatic rings. The molecule has 1 heterocycles. The lowest BCUT2D eigenvalue weighted by Gasteiger charge is -2.31. The van der Waals surface area contributed by atoms with Crippen LogP contribution in [0.15, 0.2) is 0 Å². The van der Waals surface area contributed by atoms with E-state index in [0.29, 0.717) is 6.61 Å². The minimum absolute atomic E-state index is 0.0257. The van der Waals surface area contributed by atoms with Crippen LogP contribution in [0.5, 0.6) is 0 Å². The lowest BCUT2D eigenvalue weighted by atomic mass is 10.3. The summed E-state index contributed by atoms with van der Waals surface area (Å²) < 4.78 is 15.8. The van der Waals surface area contributed by atoms with Gasteiger partial charge in [-0.3, -0.25) is 4.90 Å². The van der Waals surface area contributed by atoms with Crippen molar-refractivity contribution in [3.63, 3.8) is 0 Å². The Morgan fingerprint density at radius 3 is 3.00 bits per heavy atom. The second-order valence-electron chi connectivity index (χ2n) is 3.93. The highest BCUT2D eigenvalue weighted by Gasteiger charge is 2.18. The Hall–Kier alpha value is -0.200. The van der Waals surface area contributed by atoms with E-state index in [4.69, 9.17) is 19.3 Å². The molecule has 0 aromatic carbocycles. The molecule has 5 heteroatoms. The first kappa shape index (κ1) is 13.9. The number of morpholine rings is 1. The fourth-order valence-electron chi connectivity index (χ4n) is 1.70. The summed E-state index contributed by atoms with van der Waals surface area (Å²) >= 11 is 0. The number of methoxy groups -OCH3 is 1. The fourth-order valence-corrected chi connectivity index (χ4v) is 1.70. The maximum atomic E-state index is 8.98. The molecule has 5 nitrogen and oxygen atoms in total. The maximum Gasteiger partial charge on any atom is 0.0932 e. The molecular weight excluding hydrogens is 210 g/mol. The molecule has 1 rings (SSSR count). The lowest BCUT2D eigenvalue weighted by molar-refractivity contribution is -0.0583. The van der Waals surface area contributed by atoms with Crippen LogP contribution in [0.1, 0.15) is 6.42 Å². The quantitative estimate of drug-likeness (QED) is 0.585. The molecule has 1 N–H and O–H groups in total. The largest absolute Gasteiger partial charge is 0.394 e. The first-order chi connectivity index (χ1) is 7.86. The van der Waals surface area contributed by atoms with E-state index in [1.54, 1.807) is 7.11 Å². The van der Waals surface area contributed by atoms with Gasteiger partial charge >= 0.3 is 0 Å². The highest BCUT2D eigenvalue weighted by Crippen LogP contribution is 2.03. The minimum Gasteiger partial charge on any atom is -0.394 e. The van der Waals surface area contributed by atoms with Gasteiger partial charge in [-0.2, -0.15) is 0 Å². The van der Waals surface area contributed by atoms with Crippen LogP contribution in [-0.2, 0) is 14.2 Å². The molecule has 1 fully saturated rings. The highest BCUT2D eigenvalue weighted by atomic mass is 16.5. The van der Waals surface area contributed by atoms with E-state index in [0.717, 1.165) is 45.9 Å². The Morgan fingerprint density at radius 2 is 2.25 bits per heavy atom. The standard InChI is InChI=1S/C11H23NO4/c1-14-5-2-6-15-7-3-12-4-8-16-11(9-12)10-13/h11,13H,2-10H2,1H3. The van der Waals surface area contributed by atoms with Crippen LogP contribution < -0.4 is 0 Å². The normalized spacial score (nSPS) is 22.5. The van der Waals surface area contributed by atoms with Crippen LogP contribution in [0.25, 0.3) is 0 Å². The molecule has 1 unspecified atom stereocenters. The third-order valence-electron chi connectivity index (χ3n) is 2.62. The van der Waals surface area contributed by atoms with Crippen LogP contribution in [-0.4, -0.2) is 75.9 Å². The summed E-state index contributed by atoms with van der Waals surface area (Å²) in [4.78, 5) is 2.26. The fraction of sp³-hybridized carbons (Fsp3) is 1.00. The molecule has 96 valence electrons. The third-order valence-corrected chi connectivity index (χ3v) is 2.62. The summed E-state index contributed by atoms with van der Waals surface area (Å²) in [7, 11) is 1.70. The first-order valence-electron chi connectivity index (χ1n) is 5.88. The van der Waals surface area contributed by atoms with E-state index < -0.39 is 0 Å². The molecule has 1 saturated heterocycles. The Balaban J connectivity index is 1.95. The van der Waals surface area contributed by atoms with Gasteiger partial charge in [0.15, 0.2) is 0 Å². The van der Waals surface area contributed by atoms with Crippen LogP contribution in [0.4, 0.5) is 0 Å². The summed E-state index contributed by atoms with van der Waals surface area (Å²) in [6.07, 6.45) is 0.918. The van der Waals surface area contributed by atoms with Gasteiger partial charge < -0.3 is 19.3 Å². The van der Waals surface area contributed by atoms with E-state index in [1.807, 2.05) is 0 Å². The van der Waals surface area contributed by atoms with E-state index >= 15 is 0 Å². The van der Waals surface area contributed by atoms with Gasteiger partial charge in [-0.15, -0.1) is 0 Å². The smallest absolute Gasteiger partial charge is 0.0932 e. The number of ether oxygens (including phenoxy) is 3. The van der Waals surface area contributed by atoms with Crippen LogP contribution in [0.2, 0.25) is 0 Å². The SMILES string of the molecule is COCCCOCCN1CCOC(CO)C1. The Kier molecular flexibility index (Phi) is 7.71. The van der Waals surface area contributed by atoms with Crippen molar-refractivity contribution in [1.82, 2.24) is 4.90 Å². The van der Waals surface area contributed by atoms with Gasteiger partial charge in [0.2, 0.25) is 0 Å². The van der Waals surface area contributed by atoms with Gasteiger partial charge in [-0.1, -0.05) is 0 Å². The van der Waals surface area contributed by atoms with Crippen molar-refractivity contribution in [3.8, 4) is 0 Å². The average Bonchev–Trinajstić information content (AvgIpc) is 2.34. The van der Waals surface area contributed by atoms with Crippen molar-refractivity contribution in [2.75, 3.05) is 59.8 Å². The molecule has 0 aliphatic carbocycles. The minimum atomic E-state index is -0.0257. The van der Waals surface area contributed by atoms with Crippen molar-refractivity contribution in [2.24, 2.45) is 0 Å². The summed E-state index contributed by atoms with van der Waals surface area (Å²) in [6, 6.07) is 0. The molecule has 1 atom stereocenters. The third kappa shape index (κ3) is 5.77. The summed E-state index contributed by atoms with van der Waals surface area (Å²) in [6.45, 7) is 5.69. The molecular formula is C11H23NO4. The molecule has 16 heavy (non-hydrogen) atoms. The molecule has 0 amide bonds. The second kappa shape index (κ2) is 8.90. The second-order valence-corrected chi connectivity index (χ2v) is 3.93. The van der Waals surface area contributed by atoms with Crippen LogP contribution >= 0.6 is 0 Å². The first-order valence-corrected chi connectivity index (χ1v) is 5.88. The summed E-state index contributed by atoms with van der Waals surface area (Å²) in [5, 5.41) is 8.98. The molecule has 0 saturated carbocycles. The van der Waals surface area contributed by atoms with Gasteiger partial charge in [0.25, 0.3) is 0 Å². The van der Waals surface area contributed by atoms with Gasteiger partial charge in [0.05, 0.1) is 25.9 Å². The molecule has 1 aliphatic heterocycles. The van der Waals surface area contributed by atoms with E-state index in [2.05, 4.69) is 4.90 Å². The van der Waals surface area contributed by atoms with Crippen LogP contribution in [0.3, 0.4) is 0 Å². The number of rotatable bonds is 8. The molecule has 0 spiro atoms. The monoisotopic (exact) mass is 233 g/mol. The molecule has 0 radical (unpaired) electrons. The highest BCUT2D eigenvalue weighted by molar-refractivity contribution is 4.70. The van der Waals surface area contributed by atoms with E-state index in [-0.39, 0.29) is 12.7 Å². The Labute approximate surface area is 97.3 Å². The number of aliphatic hydroxyl groups is 1. The molecule has 1 aliphatic rings. The van der Waals surface area contributed by atoms with Crippen molar-refractivity contribution in [2.45, 2.75) is 12.5 Å². The lowest BCUT2D eigenvalue weighted by Crippen LogP contribution is -2.45. The maximum absolute atomic E-state index is 8.98. The van der Waals surface area contributed by atoms with Crippen molar-refractivity contribution < 1.29 is 19.3 Å². The average molecular weight is 233 g/mol. The topological polar surface area (TPSA) is 51.2 Å². The number of aliphatic hydroxyl groups excluding tert-OH is 1. The predicted octanol–water partition coefficient (Wildman–Crippen LogP) is -0.267. The van der Waals surface area contributed by atoms with Gasteiger partial charge in [-0.05, 0) is 6.42 Å². The van der Waals surface area contributed by atoms with Crippen molar-refractivity contribution >= 4 is 0 Å². The zero-order chi connectivity index (χ0) is 11.6. The van der Waals surface area contributed by atoms with Gasteiger partial charge in [-0.25, -0.2) is 0 Å². The van der Waals surface area contributed by atoms with Crippen molar-refractivity contribution in [3.05, 3.63) is 0 Å².